The zero-order valence-corrected chi connectivity index (χ0v) is 34.4. The fourth-order valence-electron chi connectivity index (χ4n) is 8.24. The van der Waals surface area contributed by atoms with Gasteiger partial charge in [-0.1, -0.05) is 117 Å². The Bertz CT molecular complexity index is 2060. The summed E-state index contributed by atoms with van der Waals surface area (Å²) in [6.45, 7) is 19.6. The first-order valence-corrected chi connectivity index (χ1v) is 21.5. The molecule has 2 aliphatic heterocycles. The van der Waals surface area contributed by atoms with Crippen molar-refractivity contribution in [2.45, 2.75) is 55.4 Å². The lowest BCUT2D eigenvalue weighted by molar-refractivity contribution is 0.170. The normalized spacial score (nSPS) is 13.4. The largest absolute Gasteiger partial charge is 0.486 e. The Morgan fingerprint density at radius 1 is 0.333 bits per heavy atom. The van der Waals surface area contributed by atoms with Crippen LogP contribution in [0.3, 0.4) is 0 Å². The highest BCUT2D eigenvalue weighted by Gasteiger charge is 2.35. The lowest BCUT2D eigenvalue weighted by Crippen LogP contribution is -2.29. The molecule has 8 rings (SSSR count). The van der Waals surface area contributed by atoms with Gasteiger partial charge in [-0.25, -0.2) is 0 Å². The van der Waals surface area contributed by atoms with Crippen LogP contribution in [0.4, 0.5) is 0 Å². The van der Waals surface area contributed by atoms with Gasteiger partial charge >= 0.3 is 0 Å². The Kier molecular flexibility index (Phi) is 10.0. The Hall–Kier alpha value is -4.62. The van der Waals surface area contributed by atoms with Crippen molar-refractivity contribution < 1.29 is 18.9 Å². The lowest BCUT2D eigenvalue weighted by Gasteiger charge is -2.32. The predicted octanol–water partition coefficient (Wildman–Crippen LogP) is 8.88. The van der Waals surface area contributed by atoms with Crippen LogP contribution in [0.2, 0.25) is 0 Å². The quantitative estimate of drug-likeness (QED) is 0.153. The average molecular weight is 751 g/mol. The van der Waals surface area contributed by atoms with Crippen molar-refractivity contribution >= 4 is 47.7 Å². The predicted molar refractivity (Wildman–Crippen MR) is 229 cm³/mol. The fourth-order valence-corrected chi connectivity index (χ4v) is 13.9. The van der Waals surface area contributed by atoms with Gasteiger partial charge < -0.3 is 18.9 Å². The molecule has 0 spiro atoms. The van der Waals surface area contributed by atoms with Crippen molar-refractivity contribution in [3.8, 4) is 34.1 Å². The molecule has 0 amide bonds. The first kappa shape index (κ1) is 36.4. The van der Waals surface area contributed by atoms with Gasteiger partial charge in [-0.2, -0.15) is 0 Å². The topological polar surface area (TPSA) is 36.9 Å². The number of hydrogen-bond donors (Lipinski definition) is 0. The molecule has 0 saturated heterocycles. The maximum atomic E-state index is 6.78. The summed E-state index contributed by atoms with van der Waals surface area (Å²) in [5.74, 6) is 3.08. The summed E-state index contributed by atoms with van der Waals surface area (Å²) in [6, 6.07) is 36.9. The summed E-state index contributed by atoms with van der Waals surface area (Å²) >= 11 is 0. The monoisotopic (exact) mass is 750 g/mol. The van der Waals surface area contributed by atoms with Gasteiger partial charge in [0.2, 0.25) is 0 Å². The number of hydrogen-bond acceptors (Lipinski definition) is 4. The van der Waals surface area contributed by atoms with E-state index in [0.29, 0.717) is 26.4 Å². The van der Waals surface area contributed by atoms with Crippen molar-refractivity contribution in [3.05, 3.63) is 142 Å². The van der Waals surface area contributed by atoms with Crippen LogP contribution in [0.1, 0.15) is 44.5 Å². The molecule has 0 radical (unpaired) electrons. The minimum Gasteiger partial charge on any atom is -0.486 e. The summed E-state index contributed by atoms with van der Waals surface area (Å²) in [5, 5.41) is 7.65. The van der Waals surface area contributed by atoms with Gasteiger partial charge in [0.15, 0.2) is 23.0 Å². The third kappa shape index (κ3) is 7.15. The van der Waals surface area contributed by atoms with Crippen LogP contribution in [0, 0.1) is 55.4 Å². The van der Waals surface area contributed by atoms with Gasteiger partial charge in [0.25, 0.3) is 0 Å². The molecule has 2 aliphatic rings. The Morgan fingerprint density at radius 2 is 0.593 bits per heavy atom. The van der Waals surface area contributed by atoms with Gasteiger partial charge in [0.1, 0.15) is 26.4 Å². The second-order valence-electron chi connectivity index (χ2n) is 15.0. The van der Waals surface area contributed by atoms with Crippen LogP contribution < -0.4 is 50.8 Å². The molecule has 6 heteroatoms. The minimum atomic E-state index is -1.07. The van der Waals surface area contributed by atoms with E-state index < -0.39 is 15.8 Å². The van der Waals surface area contributed by atoms with Crippen LogP contribution >= 0.6 is 15.8 Å². The molecule has 0 N–H and O–H groups in total. The van der Waals surface area contributed by atoms with Crippen LogP contribution in [0.25, 0.3) is 11.1 Å². The Morgan fingerprint density at radius 3 is 0.870 bits per heavy atom. The van der Waals surface area contributed by atoms with E-state index in [0.717, 1.165) is 34.1 Å². The van der Waals surface area contributed by atoms with Gasteiger partial charge in [-0.05, 0) is 127 Å². The molecule has 0 saturated carbocycles. The molecule has 0 aliphatic carbocycles. The third-order valence-corrected chi connectivity index (χ3v) is 14.8. The number of fused-ring (bicyclic) bond motifs is 2. The van der Waals surface area contributed by atoms with Crippen LogP contribution in [0.5, 0.6) is 23.0 Å². The number of ether oxygens (including phenoxy) is 4. The summed E-state index contributed by atoms with van der Waals surface area (Å²) in [6.07, 6.45) is 0. The lowest BCUT2D eigenvalue weighted by atomic mass is 10.0. The van der Waals surface area contributed by atoms with Crippen LogP contribution in [-0.2, 0) is 0 Å². The molecule has 0 unspecified atom stereocenters. The summed E-state index contributed by atoms with van der Waals surface area (Å²) in [4.78, 5) is 0. The molecular formula is C48H48O4P2. The molecule has 54 heavy (non-hydrogen) atoms. The van der Waals surface area contributed by atoms with Crippen LogP contribution in [0.15, 0.2) is 97.1 Å². The molecule has 0 aromatic heterocycles. The zero-order chi connectivity index (χ0) is 37.7. The summed E-state index contributed by atoms with van der Waals surface area (Å²) < 4.78 is 26.4. The van der Waals surface area contributed by atoms with Crippen molar-refractivity contribution in [2.24, 2.45) is 0 Å². The molecule has 4 nitrogen and oxygen atoms in total. The van der Waals surface area contributed by atoms with Gasteiger partial charge in [-0.15, -0.1) is 0 Å². The molecule has 274 valence electrons. The smallest absolute Gasteiger partial charge is 0.169 e. The van der Waals surface area contributed by atoms with E-state index in [9.17, 15) is 0 Å². The molecule has 6 aromatic carbocycles. The van der Waals surface area contributed by atoms with E-state index in [-0.39, 0.29) is 0 Å². The van der Waals surface area contributed by atoms with Gasteiger partial charge in [0, 0.05) is 11.1 Å². The Balaban J connectivity index is 1.52. The number of benzene rings is 6. The van der Waals surface area contributed by atoms with Crippen molar-refractivity contribution in [1.82, 2.24) is 0 Å². The van der Waals surface area contributed by atoms with Crippen LogP contribution in [-0.4, -0.2) is 26.4 Å². The fraction of sp³-hybridized carbons (Fsp3) is 0.250. The highest BCUT2D eigenvalue weighted by molar-refractivity contribution is 7.80. The molecule has 6 aromatic rings. The second kappa shape index (κ2) is 14.9. The molecule has 0 bridgehead atoms. The average Bonchev–Trinajstić information content (AvgIpc) is 3.10. The van der Waals surface area contributed by atoms with Crippen molar-refractivity contribution in [2.75, 3.05) is 26.4 Å². The zero-order valence-electron chi connectivity index (χ0n) is 32.6. The number of rotatable bonds is 7. The van der Waals surface area contributed by atoms with E-state index in [1.807, 2.05) is 0 Å². The van der Waals surface area contributed by atoms with Crippen molar-refractivity contribution in [3.63, 3.8) is 0 Å². The molecule has 0 atom stereocenters. The first-order valence-electron chi connectivity index (χ1n) is 18.8. The Labute approximate surface area is 323 Å². The molecule has 2 heterocycles. The third-order valence-electron chi connectivity index (χ3n) is 9.96. The van der Waals surface area contributed by atoms with Gasteiger partial charge in [-0.3, -0.25) is 0 Å². The highest BCUT2D eigenvalue weighted by atomic mass is 31.1. The molecule has 0 fully saturated rings. The van der Waals surface area contributed by atoms with E-state index in [1.165, 1.54) is 76.3 Å². The summed E-state index contributed by atoms with van der Waals surface area (Å²) in [7, 11) is -2.14. The highest BCUT2D eigenvalue weighted by Crippen LogP contribution is 2.53. The molecular weight excluding hydrogens is 702 g/mol. The maximum absolute atomic E-state index is 6.78. The minimum absolute atomic E-state index is 0.471. The van der Waals surface area contributed by atoms with E-state index in [1.54, 1.807) is 0 Å². The first-order chi connectivity index (χ1) is 26.0. The SMILES string of the molecule is Cc1cc(C)cc(P(c2cc(C)cc(C)c2)c2ccc3c(c2-c2c(P(c4cc(C)cc(C)c4)c4cc(C)cc(C)c4)ccc4c2OCCO4)OCCO3)c1. The van der Waals surface area contributed by atoms with E-state index in [2.05, 4.69) is 152 Å². The van der Waals surface area contributed by atoms with E-state index >= 15 is 0 Å². The van der Waals surface area contributed by atoms with E-state index in [4.69, 9.17) is 18.9 Å². The standard InChI is InChI=1S/C48H48O4P2/c1-29-17-30(2)22-37(21-29)53(38-23-31(3)18-32(4)24-38)43-11-9-41-47(51-15-13-49-41)45(43)46-44(12-10-42-48(46)52-16-14-50-42)54(39-25-33(5)19-34(6)26-39)40-27-35(7)20-36(8)28-40/h9-12,17-28H,13-16H2,1-8H3. The maximum Gasteiger partial charge on any atom is 0.169 e. The van der Waals surface area contributed by atoms with Gasteiger partial charge in [0.05, 0.1) is 0 Å². The second-order valence-corrected chi connectivity index (χ2v) is 19.4. The van der Waals surface area contributed by atoms with Crippen molar-refractivity contribution in [1.29, 1.82) is 0 Å². The summed E-state index contributed by atoms with van der Waals surface area (Å²) in [5.41, 5.74) is 12.1. The number of aryl methyl sites for hydroxylation is 8.